The largest absolute Gasteiger partial charge is 0.483 e. The quantitative estimate of drug-likeness (QED) is 0.182. The monoisotopic (exact) mass is 663 g/mol. The van der Waals surface area contributed by atoms with Crippen LogP contribution in [0.25, 0.3) is 0 Å². The van der Waals surface area contributed by atoms with Crippen LogP contribution >= 0.6 is 0 Å². The van der Waals surface area contributed by atoms with Crippen LogP contribution in [0.5, 0.6) is 5.75 Å². The van der Waals surface area contributed by atoms with E-state index >= 15 is 0 Å². The van der Waals surface area contributed by atoms with Crippen molar-refractivity contribution in [1.29, 1.82) is 0 Å². The van der Waals surface area contributed by atoms with E-state index in [-0.39, 0.29) is 22.7 Å². The molecular weight excluding hydrogens is 619 g/mol. The van der Waals surface area contributed by atoms with E-state index in [1.54, 1.807) is 12.1 Å². The lowest BCUT2D eigenvalue weighted by Gasteiger charge is -2.49. The second-order valence-corrected chi connectivity index (χ2v) is 17.4. The van der Waals surface area contributed by atoms with Gasteiger partial charge in [-0.25, -0.2) is 0 Å². The highest BCUT2D eigenvalue weighted by atomic mass is 32.2. The number of hydrogen-bond acceptors (Lipinski definition) is 5. The van der Waals surface area contributed by atoms with Crippen molar-refractivity contribution < 1.29 is 36.0 Å². The van der Waals surface area contributed by atoms with Crippen molar-refractivity contribution in [2.75, 3.05) is 6.61 Å². The van der Waals surface area contributed by atoms with Crippen LogP contribution in [0.2, 0.25) is 0 Å². The fourth-order valence-corrected chi connectivity index (χ4v) is 8.13. The molecule has 246 valence electrons. The molecule has 10 heteroatoms. The fraction of sp³-hybridized carbons (Fsp3) is 0.486. The first-order valence-corrected chi connectivity index (χ1v) is 17.7. The average Bonchev–Trinajstić information content (AvgIpc) is 2.94. The Bertz CT molecular complexity index is 1580. The number of ether oxygens (including phenoxy) is 3. The first-order valence-electron chi connectivity index (χ1n) is 15.0. The van der Waals surface area contributed by atoms with Gasteiger partial charge in [0.25, 0.3) is 0 Å². The maximum absolute atomic E-state index is 14.3. The van der Waals surface area contributed by atoms with Gasteiger partial charge in [-0.3, -0.25) is 4.55 Å². The third-order valence-corrected chi connectivity index (χ3v) is 11.4. The minimum Gasteiger partial charge on any atom is -0.483 e. The molecule has 4 rings (SSSR count). The zero-order valence-electron chi connectivity index (χ0n) is 27.4. The smallest absolute Gasteiger partial charge is 0.405 e. The maximum Gasteiger partial charge on any atom is 0.405 e. The van der Waals surface area contributed by atoms with Gasteiger partial charge in [-0.2, -0.15) is 17.2 Å². The summed E-state index contributed by atoms with van der Waals surface area (Å²) >= 11 is 0. The lowest BCUT2D eigenvalue weighted by molar-refractivity contribution is -0.337. The van der Waals surface area contributed by atoms with Gasteiger partial charge in [-0.05, 0) is 79.3 Å². The molecule has 1 fully saturated rings. The van der Waals surface area contributed by atoms with Crippen molar-refractivity contribution in [3.05, 3.63) is 83.9 Å². The van der Waals surface area contributed by atoms with E-state index < -0.39 is 38.2 Å². The van der Waals surface area contributed by atoms with E-state index in [1.807, 2.05) is 37.3 Å². The second-order valence-electron chi connectivity index (χ2n) is 13.9. The summed E-state index contributed by atoms with van der Waals surface area (Å²) in [6.07, 6.45) is -2.11. The summed E-state index contributed by atoms with van der Waals surface area (Å²) in [6.45, 7) is 18.5. The molecule has 6 nitrogen and oxygen atoms in total. The topological polar surface area (TPSA) is 82.1 Å². The molecule has 0 bridgehead atoms. The minimum atomic E-state index is -5.66. The van der Waals surface area contributed by atoms with E-state index in [0.717, 1.165) is 27.2 Å². The van der Waals surface area contributed by atoms with E-state index in [4.69, 9.17) is 18.8 Å². The fourth-order valence-electron chi connectivity index (χ4n) is 5.58. The summed E-state index contributed by atoms with van der Waals surface area (Å²) in [7, 11) is -6.34. The summed E-state index contributed by atoms with van der Waals surface area (Å²) in [5.41, 5.74) is 1.89. The van der Waals surface area contributed by atoms with Crippen molar-refractivity contribution in [1.82, 2.24) is 0 Å². The van der Waals surface area contributed by atoms with Gasteiger partial charge in [0, 0.05) is 17.0 Å². The second kappa shape index (κ2) is 12.6. The summed E-state index contributed by atoms with van der Waals surface area (Å²) in [5.74, 6) is -0.556. The minimum absolute atomic E-state index is 0.00482. The van der Waals surface area contributed by atoms with E-state index in [2.05, 4.69) is 72.7 Å². The Kier molecular flexibility index (Phi) is 9.90. The SMILES string of the molecule is CC(C)C1OC(C)(c2ccc([S+](c3ccc(C(C)(C)C)cc3)c3cccc(OC(C)C(F)(F)S(=O)(=O)O)c3)cc2)OCC1(C)C. The lowest BCUT2D eigenvalue weighted by atomic mass is 9.80. The number of alkyl halides is 2. The third kappa shape index (κ3) is 7.57. The third-order valence-electron chi connectivity index (χ3n) is 8.19. The summed E-state index contributed by atoms with van der Waals surface area (Å²) in [4.78, 5) is 2.75. The Balaban J connectivity index is 1.73. The van der Waals surface area contributed by atoms with Gasteiger partial charge in [0.05, 0.1) is 23.6 Å². The summed E-state index contributed by atoms with van der Waals surface area (Å²) in [5, 5.41) is -4.48. The van der Waals surface area contributed by atoms with Gasteiger partial charge in [0.15, 0.2) is 26.6 Å². The van der Waals surface area contributed by atoms with Gasteiger partial charge in [-0.1, -0.05) is 66.7 Å². The predicted molar refractivity (Wildman–Crippen MR) is 174 cm³/mol. The summed E-state index contributed by atoms with van der Waals surface area (Å²) < 4.78 is 78.5. The maximum atomic E-state index is 14.3. The van der Waals surface area contributed by atoms with Gasteiger partial charge >= 0.3 is 15.4 Å². The van der Waals surface area contributed by atoms with E-state index in [1.165, 1.54) is 11.6 Å². The van der Waals surface area contributed by atoms with E-state index in [9.17, 15) is 17.2 Å². The molecule has 45 heavy (non-hydrogen) atoms. The molecule has 0 amide bonds. The number of halogens is 2. The van der Waals surface area contributed by atoms with Gasteiger partial charge in [-0.15, -0.1) is 0 Å². The number of rotatable bonds is 9. The van der Waals surface area contributed by atoms with Gasteiger partial charge < -0.3 is 14.2 Å². The molecule has 1 aliphatic rings. The standard InChI is InChI=1S/C35H44F2O6S2/c1-23(2)31-33(7,8)22-41-34(9,43-31)26-15-19-29(20-16-26)44(28-17-13-25(14-18-28)32(4,5)6)30-12-10-11-27(21-30)42-24(3)35(36,37)45(38,39)40/h10-21,23-24,31H,22H2,1-9H3/p+1. The highest BCUT2D eigenvalue weighted by Gasteiger charge is 2.51. The predicted octanol–water partition coefficient (Wildman–Crippen LogP) is 8.60. The van der Waals surface area contributed by atoms with Crippen LogP contribution in [-0.2, 0) is 41.7 Å². The molecule has 4 unspecified atom stereocenters. The first kappa shape index (κ1) is 35.4. The molecule has 3 aromatic rings. The normalized spacial score (nSPS) is 22.2. The summed E-state index contributed by atoms with van der Waals surface area (Å²) in [6, 6.07) is 23.1. The van der Waals surface area contributed by atoms with Crippen LogP contribution in [0.15, 0.2) is 87.5 Å². The molecule has 4 atom stereocenters. The van der Waals surface area contributed by atoms with Crippen molar-refractivity contribution in [3.8, 4) is 5.75 Å². The van der Waals surface area contributed by atoms with Gasteiger partial charge in [0.2, 0.25) is 0 Å². The van der Waals surface area contributed by atoms with Crippen molar-refractivity contribution in [3.63, 3.8) is 0 Å². The Morgan fingerprint density at radius 2 is 1.47 bits per heavy atom. The zero-order valence-corrected chi connectivity index (χ0v) is 29.1. The molecule has 0 saturated carbocycles. The highest BCUT2D eigenvalue weighted by Crippen LogP contribution is 2.44. The zero-order chi connectivity index (χ0) is 33.6. The van der Waals surface area contributed by atoms with Crippen molar-refractivity contribution in [2.24, 2.45) is 11.3 Å². The van der Waals surface area contributed by atoms with Crippen LogP contribution < -0.4 is 4.74 Å². The van der Waals surface area contributed by atoms with Crippen LogP contribution in [0, 0.1) is 11.3 Å². The van der Waals surface area contributed by atoms with Crippen molar-refractivity contribution in [2.45, 2.75) is 106 Å². The number of hydrogen-bond donors (Lipinski definition) is 1. The van der Waals surface area contributed by atoms with Crippen LogP contribution in [-0.4, -0.2) is 37.0 Å². The molecule has 0 radical (unpaired) electrons. The first-order chi connectivity index (χ1) is 20.7. The Labute approximate surface area is 269 Å². The Morgan fingerprint density at radius 3 is 1.98 bits per heavy atom. The average molecular weight is 664 g/mol. The molecule has 3 aromatic carbocycles. The highest BCUT2D eigenvalue weighted by molar-refractivity contribution is 7.97. The molecular formula is C35H45F2O6S2+. The lowest BCUT2D eigenvalue weighted by Crippen LogP contribution is -2.52. The Hall–Kier alpha value is -2.50. The molecule has 1 heterocycles. The van der Waals surface area contributed by atoms with Crippen molar-refractivity contribution >= 4 is 21.0 Å². The van der Waals surface area contributed by atoms with E-state index in [0.29, 0.717) is 12.5 Å². The van der Waals surface area contributed by atoms with Crippen LogP contribution in [0.3, 0.4) is 0 Å². The van der Waals surface area contributed by atoms with Crippen LogP contribution in [0.1, 0.15) is 73.4 Å². The molecule has 0 aliphatic carbocycles. The number of benzene rings is 3. The molecule has 1 saturated heterocycles. The molecule has 0 spiro atoms. The molecule has 1 N–H and O–H groups in total. The molecule has 1 aliphatic heterocycles. The Morgan fingerprint density at radius 1 is 0.911 bits per heavy atom. The van der Waals surface area contributed by atoms with Gasteiger partial charge in [0.1, 0.15) is 5.75 Å². The molecule has 0 aromatic heterocycles. The van der Waals surface area contributed by atoms with Crippen LogP contribution in [0.4, 0.5) is 8.78 Å².